The van der Waals surface area contributed by atoms with E-state index in [0.29, 0.717) is 6.54 Å². The molecule has 0 saturated heterocycles. The standard InChI is InChI=1S/C15H29N3O2/c1-10(2)12(13(8-16)18-11(3)4)9-17-14(19)20-15(5,6)7/h10-13,18H,9H2,1-7H3,(H,17,19). The summed E-state index contributed by atoms with van der Waals surface area (Å²) in [5, 5.41) is 15.3. The fourth-order valence-electron chi connectivity index (χ4n) is 1.87. The molecule has 0 aromatic heterocycles. The van der Waals surface area contributed by atoms with E-state index in [9.17, 15) is 10.1 Å². The first-order valence-electron chi connectivity index (χ1n) is 7.19. The monoisotopic (exact) mass is 283 g/mol. The first kappa shape index (κ1) is 18.7. The van der Waals surface area contributed by atoms with Crippen LogP contribution in [0.4, 0.5) is 4.79 Å². The maximum absolute atomic E-state index is 11.7. The molecule has 2 atom stereocenters. The van der Waals surface area contributed by atoms with Crippen LogP contribution in [-0.2, 0) is 4.74 Å². The molecule has 0 heterocycles. The molecule has 5 heteroatoms. The number of carbonyl (C=O) groups is 1. The number of nitrogens with zero attached hydrogens (tertiary/aromatic N) is 1. The highest BCUT2D eigenvalue weighted by molar-refractivity contribution is 5.67. The van der Waals surface area contributed by atoms with E-state index in [0.717, 1.165) is 0 Å². The van der Waals surface area contributed by atoms with Gasteiger partial charge in [-0.15, -0.1) is 0 Å². The fourth-order valence-corrected chi connectivity index (χ4v) is 1.87. The second kappa shape index (κ2) is 8.11. The molecule has 0 aliphatic rings. The van der Waals surface area contributed by atoms with Gasteiger partial charge in [0.25, 0.3) is 0 Å². The summed E-state index contributed by atoms with van der Waals surface area (Å²) in [4.78, 5) is 11.7. The van der Waals surface area contributed by atoms with E-state index < -0.39 is 11.7 Å². The molecule has 0 aliphatic heterocycles. The summed E-state index contributed by atoms with van der Waals surface area (Å²) >= 11 is 0. The van der Waals surface area contributed by atoms with Gasteiger partial charge in [-0.05, 0) is 40.5 Å². The molecule has 0 spiro atoms. The van der Waals surface area contributed by atoms with E-state index in [1.54, 1.807) is 0 Å². The number of ether oxygens (including phenoxy) is 1. The third-order valence-corrected chi connectivity index (χ3v) is 2.82. The number of carbonyl (C=O) groups excluding carboxylic acids is 1. The van der Waals surface area contributed by atoms with Crippen LogP contribution in [0.3, 0.4) is 0 Å². The minimum Gasteiger partial charge on any atom is -0.444 e. The van der Waals surface area contributed by atoms with Crippen molar-refractivity contribution < 1.29 is 9.53 Å². The van der Waals surface area contributed by atoms with Crippen LogP contribution in [0.25, 0.3) is 0 Å². The first-order valence-corrected chi connectivity index (χ1v) is 7.19. The molecular formula is C15H29N3O2. The topological polar surface area (TPSA) is 74.2 Å². The van der Waals surface area contributed by atoms with Crippen molar-refractivity contribution in [1.82, 2.24) is 10.6 Å². The van der Waals surface area contributed by atoms with Gasteiger partial charge in [0.2, 0.25) is 0 Å². The van der Waals surface area contributed by atoms with Gasteiger partial charge in [0.15, 0.2) is 0 Å². The first-order chi connectivity index (χ1) is 9.06. The fraction of sp³-hybridized carbons (Fsp3) is 0.867. The molecule has 0 aliphatic carbocycles. The Morgan fingerprint density at radius 2 is 1.80 bits per heavy atom. The van der Waals surface area contributed by atoms with E-state index in [4.69, 9.17) is 4.74 Å². The molecule has 0 aromatic carbocycles. The summed E-state index contributed by atoms with van der Waals surface area (Å²) in [6.45, 7) is 14.0. The SMILES string of the molecule is CC(C)NC(C#N)C(CNC(=O)OC(C)(C)C)C(C)C. The Kier molecular flexibility index (Phi) is 7.59. The smallest absolute Gasteiger partial charge is 0.407 e. The zero-order valence-electron chi connectivity index (χ0n) is 13.8. The Morgan fingerprint density at radius 3 is 2.15 bits per heavy atom. The molecule has 20 heavy (non-hydrogen) atoms. The van der Waals surface area contributed by atoms with Gasteiger partial charge in [0.05, 0.1) is 6.07 Å². The molecule has 2 unspecified atom stereocenters. The van der Waals surface area contributed by atoms with Crippen LogP contribution < -0.4 is 10.6 Å². The van der Waals surface area contributed by atoms with E-state index in [1.807, 2.05) is 48.5 Å². The lowest BCUT2D eigenvalue weighted by Crippen LogP contribution is -2.46. The predicted octanol–water partition coefficient (Wildman–Crippen LogP) is 2.67. The van der Waals surface area contributed by atoms with E-state index in [2.05, 4.69) is 16.7 Å². The Bertz CT molecular complexity index is 340. The van der Waals surface area contributed by atoms with Crippen molar-refractivity contribution in [3.8, 4) is 6.07 Å². The van der Waals surface area contributed by atoms with Crippen molar-refractivity contribution in [3.63, 3.8) is 0 Å². The van der Waals surface area contributed by atoms with Gasteiger partial charge in [-0.25, -0.2) is 4.79 Å². The number of nitrogens with one attached hydrogen (secondary N) is 2. The normalized spacial score (nSPS) is 14.8. The molecule has 0 radical (unpaired) electrons. The second-order valence-electron chi connectivity index (χ2n) is 6.72. The molecule has 0 aromatic rings. The van der Waals surface area contributed by atoms with Crippen LogP contribution in [0.5, 0.6) is 0 Å². The van der Waals surface area contributed by atoms with E-state index in [1.165, 1.54) is 0 Å². The number of nitriles is 1. The minimum atomic E-state index is -0.512. The Hall–Kier alpha value is -1.28. The van der Waals surface area contributed by atoms with E-state index in [-0.39, 0.29) is 23.9 Å². The maximum Gasteiger partial charge on any atom is 0.407 e. The van der Waals surface area contributed by atoms with Crippen molar-refractivity contribution in [3.05, 3.63) is 0 Å². The summed E-state index contributed by atoms with van der Waals surface area (Å²) in [5.41, 5.74) is -0.512. The highest BCUT2D eigenvalue weighted by atomic mass is 16.6. The minimum absolute atomic E-state index is 0.0370. The predicted molar refractivity (Wildman–Crippen MR) is 80.2 cm³/mol. The lowest BCUT2D eigenvalue weighted by Gasteiger charge is -2.28. The Labute approximate surface area is 123 Å². The molecule has 1 amide bonds. The number of hydrogen-bond acceptors (Lipinski definition) is 4. The van der Waals surface area contributed by atoms with Crippen molar-refractivity contribution in [2.75, 3.05) is 6.54 Å². The average molecular weight is 283 g/mol. The van der Waals surface area contributed by atoms with Crippen LogP contribution in [-0.4, -0.2) is 30.3 Å². The summed E-state index contributed by atoms with van der Waals surface area (Å²) in [7, 11) is 0. The summed E-state index contributed by atoms with van der Waals surface area (Å²) < 4.78 is 5.21. The lowest BCUT2D eigenvalue weighted by molar-refractivity contribution is 0.0512. The zero-order valence-corrected chi connectivity index (χ0v) is 13.8. The molecule has 0 rings (SSSR count). The molecular weight excluding hydrogens is 254 g/mol. The highest BCUT2D eigenvalue weighted by Crippen LogP contribution is 2.15. The Balaban J connectivity index is 4.56. The van der Waals surface area contributed by atoms with Crippen molar-refractivity contribution in [2.24, 2.45) is 11.8 Å². The van der Waals surface area contributed by atoms with Crippen LogP contribution >= 0.6 is 0 Å². The molecule has 0 saturated carbocycles. The lowest BCUT2D eigenvalue weighted by atomic mass is 9.88. The van der Waals surface area contributed by atoms with Crippen LogP contribution in [0.15, 0.2) is 0 Å². The number of alkyl carbamates (subject to hydrolysis) is 1. The average Bonchev–Trinajstić information content (AvgIpc) is 2.24. The summed E-state index contributed by atoms with van der Waals surface area (Å²) in [5.74, 6) is 0.316. The number of rotatable bonds is 6. The highest BCUT2D eigenvalue weighted by Gasteiger charge is 2.26. The number of hydrogen-bond donors (Lipinski definition) is 2. The van der Waals surface area contributed by atoms with Crippen LogP contribution in [0, 0.1) is 23.2 Å². The molecule has 0 bridgehead atoms. The van der Waals surface area contributed by atoms with Gasteiger partial charge in [0.1, 0.15) is 11.6 Å². The summed E-state index contributed by atoms with van der Waals surface area (Å²) in [6.07, 6.45) is -0.440. The molecule has 2 N–H and O–H groups in total. The van der Waals surface area contributed by atoms with E-state index >= 15 is 0 Å². The van der Waals surface area contributed by atoms with Gasteiger partial charge >= 0.3 is 6.09 Å². The molecule has 0 fully saturated rings. The van der Waals surface area contributed by atoms with Crippen molar-refractivity contribution in [1.29, 1.82) is 5.26 Å². The molecule has 5 nitrogen and oxygen atoms in total. The van der Waals surface area contributed by atoms with Crippen molar-refractivity contribution in [2.45, 2.75) is 66.2 Å². The largest absolute Gasteiger partial charge is 0.444 e. The number of amides is 1. The summed E-state index contributed by atoms with van der Waals surface area (Å²) in [6, 6.07) is 2.22. The quantitative estimate of drug-likeness (QED) is 0.786. The second-order valence-corrected chi connectivity index (χ2v) is 6.72. The molecule has 116 valence electrons. The third kappa shape index (κ3) is 8.00. The van der Waals surface area contributed by atoms with Gasteiger partial charge < -0.3 is 10.1 Å². The maximum atomic E-state index is 11.7. The van der Waals surface area contributed by atoms with Gasteiger partial charge in [0, 0.05) is 18.5 Å². The van der Waals surface area contributed by atoms with Gasteiger partial charge in [-0.3, -0.25) is 5.32 Å². The van der Waals surface area contributed by atoms with Gasteiger partial charge in [-0.2, -0.15) is 5.26 Å². The Morgan fingerprint density at radius 1 is 1.25 bits per heavy atom. The third-order valence-electron chi connectivity index (χ3n) is 2.82. The van der Waals surface area contributed by atoms with Gasteiger partial charge in [-0.1, -0.05) is 13.8 Å². The van der Waals surface area contributed by atoms with Crippen LogP contribution in [0.2, 0.25) is 0 Å². The van der Waals surface area contributed by atoms with Crippen LogP contribution in [0.1, 0.15) is 48.5 Å². The zero-order chi connectivity index (χ0) is 15.9. The van der Waals surface area contributed by atoms with Crippen molar-refractivity contribution >= 4 is 6.09 Å².